The maximum atomic E-state index is 13.7. The molecule has 124 valence electrons. The number of nitrogens with zero attached hydrogens (tertiary/aromatic N) is 1. The monoisotopic (exact) mass is 318 g/mol. The van der Waals surface area contributed by atoms with E-state index in [0.29, 0.717) is 25.9 Å². The predicted octanol–water partition coefficient (Wildman–Crippen LogP) is 2.90. The average molecular weight is 318 g/mol. The van der Waals surface area contributed by atoms with Crippen LogP contribution in [0.25, 0.3) is 0 Å². The maximum absolute atomic E-state index is 13.7. The molecule has 2 rings (SSSR count). The summed E-state index contributed by atoms with van der Waals surface area (Å²) in [5.41, 5.74) is 0.828. The molecule has 0 radical (unpaired) electrons. The van der Waals surface area contributed by atoms with Crippen LogP contribution in [-0.4, -0.2) is 35.8 Å². The van der Waals surface area contributed by atoms with Crippen molar-refractivity contribution in [3.05, 3.63) is 47.3 Å². The Morgan fingerprint density at radius 1 is 1.30 bits per heavy atom. The van der Waals surface area contributed by atoms with E-state index in [1.807, 2.05) is 13.0 Å². The van der Waals surface area contributed by atoms with Gasteiger partial charge >= 0.3 is 0 Å². The number of hydrogen-bond acceptors (Lipinski definition) is 2. The third-order valence-corrected chi connectivity index (χ3v) is 4.09. The number of nitrogens with one attached hydrogen (secondary N) is 1. The Morgan fingerprint density at radius 2 is 1.96 bits per heavy atom. The van der Waals surface area contributed by atoms with Gasteiger partial charge in [-0.1, -0.05) is 25.1 Å². The number of allylic oxidation sites excluding steroid dienone is 1. The van der Waals surface area contributed by atoms with Gasteiger partial charge in [-0.2, -0.15) is 0 Å². The molecule has 1 heterocycles. The zero-order chi connectivity index (χ0) is 16.8. The molecular weight excluding hydrogens is 295 g/mol. The fraction of sp³-hybridized carbons (Fsp3) is 0.444. The fourth-order valence-electron chi connectivity index (χ4n) is 2.73. The van der Waals surface area contributed by atoms with Crippen molar-refractivity contribution >= 4 is 11.8 Å². The molecule has 0 saturated carbocycles. The highest BCUT2D eigenvalue weighted by atomic mass is 19.1. The van der Waals surface area contributed by atoms with Crippen molar-refractivity contribution in [1.82, 2.24) is 10.2 Å². The van der Waals surface area contributed by atoms with Crippen molar-refractivity contribution in [2.45, 2.75) is 39.2 Å². The molecule has 2 amide bonds. The fourth-order valence-corrected chi connectivity index (χ4v) is 2.73. The first-order valence-electron chi connectivity index (χ1n) is 8.04. The molecule has 0 spiro atoms. The van der Waals surface area contributed by atoms with Crippen LogP contribution in [0.2, 0.25) is 0 Å². The highest BCUT2D eigenvalue weighted by Gasteiger charge is 2.26. The lowest BCUT2D eigenvalue weighted by Gasteiger charge is -2.32. The van der Waals surface area contributed by atoms with Crippen LogP contribution in [0.4, 0.5) is 4.39 Å². The molecule has 0 aromatic heterocycles. The molecule has 1 N–H and O–H groups in total. The van der Waals surface area contributed by atoms with Crippen molar-refractivity contribution in [1.29, 1.82) is 0 Å². The van der Waals surface area contributed by atoms with Gasteiger partial charge in [0.1, 0.15) is 5.82 Å². The van der Waals surface area contributed by atoms with Crippen LogP contribution in [0.3, 0.4) is 0 Å². The molecule has 1 aliphatic heterocycles. The van der Waals surface area contributed by atoms with Gasteiger partial charge in [-0.05, 0) is 38.3 Å². The van der Waals surface area contributed by atoms with Crippen LogP contribution in [0.5, 0.6) is 0 Å². The van der Waals surface area contributed by atoms with E-state index in [2.05, 4.69) is 5.32 Å². The average Bonchev–Trinajstić information content (AvgIpc) is 2.55. The smallest absolute Gasteiger partial charge is 0.256 e. The summed E-state index contributed by atoms with van der Waals surface area (Å²) >= 11 is 0. The van der Waals surface area contributed by atoms with E-state index in [9.17, 15) is 14.0 Å². The van der Waals surface area contributed by atoms with Gasteiger partial charge in [0.25, 0.3) is 5.91 Å². The van der Waals surface area contributed by atoms with Crippen molar-refractivity contribution in [3.8, 4) is 0 Å². The molecule has 1 saturated heterocycles. The summed E-state index contributed by atoms with van der Waals surface area (Å²) in [5.74, 6) is -0.825. The minimum absolute atomic E-state index is 0.0502. The third-order valence-electron chi connectivity index (χ3n) is 4.09. The Hall–Kier alpha value is -2.17. The second-order valence-electron chi connectivity index (χ2n) is 5.82. The van der Waals surface area contributed by atoms with E-state index in [-0.39, 0.29) is 23.4 Å². The molecule has 1 aromatic carbocycles. The Kier molecular flexibility index (Phi) is 5.90. The van der Waals surface area contributed by atoms with Crippen LogP contribution < -0.4 is 5.32 Å². The Bertz CT molecular complexity index is 605. The first kappa shape index (κ1) is 17.2. The molecule has 0 unspecified atom stereocenters. The Morgan fingerprint density at radius 3 is 2.57 bits per heavy atom. The molecule has 5 heteroatoms. The molecule has 23 heavy (non-hydrogen) atoms. The molecule has 0 bridgehead atoms. The number of carbonyl (C=O) groups is 2. The van der Waals surface area contributed by atoms with Crippen molar-refractivity contribution in [3.63, 3.8) is 0 Å². The lowest BCUT2D eigenvalue weighted by Crippen LogP contribution is -2.46. The van der Waals surface area contributed by atoms with E-state index >= 15 is 0 Å². The molecule has 1 aromatic rings. The number of likely N-dealkylation sites (tertiary alicyclic amines) is 1. The maximum Gasteiger partial charge on any atom is 0.256 e. The van der Waals surface area contributed by atoms with Crippen molar-refractivity contribution in [2.75, 3.05) is 13.1 Å². The van der Waals surface area contributed by atoms with Gasteiger partial charge < -0.3 is 10.2 Å². The lowest BCUT2D eigenvalue weighted by molar-refractivity contribution is -0.118. The summed E-state index contributed by atoms with van der Waals surface area (Å²) < 4.78 is 13.7. The topological polar surface area (TPSA) is 49.4 Å². The number of amides is 2. The lowest BCUT2D eigenvalue weighted by atomic mass is 10.0. The quantitative estimate of drug-likeness (QED) is 0.868. The zero-order valence-electron chi connectivity index (χ0n) is 13.6. The van der Waals surface area contributed by atoms with Crippen LogP contribution in [0, 0.1) is 5.82 Å². The zero-order valence-corrected chi connectivity index (χ0v) is 13.6. The number of benzene rings is 1. The van der Waals surface area contributed by atoms with Gasteiger partial charge in [0.2, 0.25) is 5.91 Å². The first-order valence-corrected chi connectivity index (χ1v) is 8.04. The molecule has 1 fully saturated rings. The number of halogens is 1. The number of carbonyl (C=O) groups excluding carboxylic acids is 2. The standard InChI is InChI=1S/C18H23FN2O2/c1-3-6-13(2)17(22)20-14-9-11-21(12-10-14)18(23)15-7-4-5-8-16(15)19/h4-8,14H,3,9-12H2,1-2H3,(H,20,22). The minimum Gasteiger partial charge on any atom is -0.349 e. The largest absolute Gasteiger partial charge is 0.349 e. The minimum atomic E-state index is -0.492. The molecule has 0 atom stereocenters. The summed E-state index contributed by atoms with van der Waals surface area (Å²) in [6, 6.07) is 6.09. The second-order valence-corrected chi connectivity index (χ2v) is 5.82. The Balaban J connectivity index is 1.89. The molecular formula is C18H23FN2O2. The van der Waals surface area contributed by atoms with Gasteiger partial charge in [0.05, 0.1) is 5.56 Å². The van der Waals surface area contributed by atoms with Gasteiger partial charge in [-0.15, -0.1) is 0 Å². The van der Waals surface area contributed by atoms with Gasteiger partial charge in [-0.25, -0.2) is 4.39 Å². The van der Waals surface area contributed by atoms with E-state index < -0.39 is 5.82 Å². The number of piperidine rings is 1. The van der Waals surface area contributed by atoms with Crippen LogP contribution in [-0.2, 0) is 4.79 Å². The van der Waals surface area contributed by atoms with Gasteiger partial charge in [0, 0.05) is 24.7 Å². The highest BCUT2D eigenvalue weighted by molar-refractivity contribution is 5.94. The molecule has 4 nitrogen and oxygen atoms in total. The summed E-state index contributed by atoms with van der Waals surface area (Å²) in [6.45, 7) is 4.84. The third kappa shape index (κ3) is 4.41. The van der Waals surface area contributed by atoms with E-state index in [4.69, 9.17) is 0 Å². The molecule has 0 aliphatic carbocycles. The normalized spacial score (nSPS) is 16.3. The predicted molar refractivity (Wildman–Crippen MR) is 87.5 cm³/mol. The molecule has 1 aliphatic rings. The van der Waals surface area contributed by atoms with Crippen LogP contribution in [0.15, 0.2) is 35.9 Å². The number of hydrogen-bond donors (Lipinski definition) is 1. The summed E-state index contributed by atoms with van der Waals surface area (Å²) in [6.07, 6.45) is 4.09. The van der Waals surface area contributed by atoms with Gasteiger partial charge in [-0.3, -0.25) is 9.59 Å². The Labute approximate surface area is 136 Å². The summed E-state index contributed by atoms with van der Waals surface area (Å²) in [5, 5.41) is 2.99. The van der Waals surface area contributed by atoms with E-state index in [0.717, 1.165) is 12.0 Å². The highest BCUT2D eigenvalue weighted by Crippen LogP contribution is 2.16. The van der Waals surface area contributed by atoms with Crippen LogP contribution >= 0.6 is 0 Å². The van der Waals surface area contributed by atoms with Crippen molar-refractivity contribution in [2.24, 2.45) is 0 Å². The first-order chi connectivity index (χ1) is 11.0. The van der Waals surface area contributed by atoms with E-state index in [1.54, 1.807) is 24.0 Å². The van der Waals surface area contributed by atoms with E-state index in [1.165, 1.54) is 12.1 Å². The SMILES string of the molecule is CCC=C(C)C(=O)NC1CCN(C(=O)c2ccccc2F)CC1. The second kappa shape index (κ2) is 7.90. The summed E-state index contributed by atoms with van der Waals surface area (Å²) in [7, 11) is 0. The van der Waals surface area contributed by atoms with Crippen molar-refractivity contribution < 1.29 is 14.0 Å². The van der Waals surface area contributed by atoms with Gasteiger partial charge in [0.15, 0.2) is 0 Å². The number of rotatable bonds is 4. The summed E-state index contributed by atoms with van der Waals surface area (Å²) in [4.78, 5) is 26.0. The van der Waals surface area contributed by atoms with Crippen LogP contribution in [0.1, 0.15) is 43.5 Å².